The van der Waals surface area contributed by atoms with Gasteiger partial charge in [0.15, 0.2) is 0 Å². The maximum atomic E-state index is 6.14. The zero-order valence-electron chi connectivity index (χ0n) is 8.24. The van der Waals surface area contributed by atoms with Crippen molar-refractivity contribution in [2.75, 3.05) is 26.8 Å². The second-order valence-corrected chi connectivity index (χ2v) is 4.00. The zero-order chi connectivity index (χ0) is 9.97. The summed E-state index contributed by atoms with van der Waals surface area (Å²) >= 11 is 6.14. The van der Waals surface area contributed by atoms with Crippen LogP contribution >= 0.6 is 11.6 Å². The van der Waals surface area contributed by atoms with E-state index in [2.05, 4.69) is 18.0 Å². The fraction of sp³-hybridized carbons (Fsp3) is 0.455. The van der Waals surface area contributed by atoms with E-state index in [9.17, 15) is 0 Å². The Kier molecular flexibility index (Phi) is 3.06. The van der Waals surface area contributed by atoms with Crippen molar-refractivity contribution in [3.05, 3.63) is 34.9 Å². The standard InChI is InChI=1S/C11H14ClNO/c1-13-6-7-14-8-11(13)9-4-2-3-5-10(9)12/h2-5,11H,6-8H2,1H3. The van der Waals surface area contributed by atoms with Crippen molar-refractivity contribution < 1.29 is 4.74 Å². The molecule has 0 radical (unpaired) electrons. The van der Waals surface area contributed by atoms with Crippen LogP contribution in [-0.2, 0) is 4.74 Å². The summed E-state index contributed by atoms with van der Waals surface area (Å²) < 4.78 is 5.46. The SMILES string of the molecule is CN1CCOCC1c1ccccc1Cl. The molecule has 0 spiro atoms. The van der Waals surface area contributed by atoms with Gasteiger partial charge in [-0.2, -0.15) is 0 Å². The molecule has 14 heavy (non-hydrogen) atoms. The number of hydrogen-bond donors (Lipinski definition) is 0. The predicted molar refractivity (Wildman–Crippen MR) is 57.6 cm³/mol. The van der Waals surface area contributed by atoms with Gasteiger partial charge in [-0.3, -0.25) is 4.90 Å². The Morgan fingerprint density at radius 1 is 1.43 bits per heavy atom. The van der Waals surface area contributed by atoms with Crippen LogP contribution in [-0.4, -0.2) is 31.7 Å². The van der Waals surface area contributed by atoms with Crippen LogP contribution in [0.25, 0.3) is 0 Å². The van der Waals surface area contributed by atoms with Crippen LogP contribution in [0.15, 0.2) is 24.3 Å². The summed E-state index contributed by atoms with van der Waals surface area (Å²) in [6.07, 6.45) is 0. The van der Waals surface area contributed by atoms with Crippen LogP contribution in [0.3, 0.4) is 0 Å². The van der Waals surface area contributed by atoms with E-state index in [4.69, 9.17) is 16.3 Å². The fourth-order valence-corrected chi connectivity index (χ4v) is 2.02. The van der Waals surface area contributed by atoms with Crippen molar-refractivity contribution in [1.29, 1.82) is 0 Å². The lowest BCUT2D eigenvalue weighted by Crippen LogP contribution is -2.36. The molecule has 0 N–H and O–H groups in total. The van der Waals surface area contributed by atoms with Crippen LogP contribution in [0.1, 0.15) is 11.6 Å². The average molecular weight is 212 g/mol. The second-order valence-electron chi connectivity index (χ2n) is 3.59. The van der Waals surface area contributed by atoms with Gasteiger partial charge in [0.25, 0.3) is 0 Å². The van der Waals surface area contributed by atoms with Gasteiger partial charge in [-0.1, -0.05) is 29.8 Å². The molecule has 1 aliphatic heterocycles. The average Bonchev–Trinajstić information content (AvgIpc) is 2.20. The highest BCUT2D eigenvalue weighted by Crippen LogP contribution is 2.28. The lowest BCUT2D eigenvalue weighted by atomic mass is 10.1. The normalized spacial score (nSPS) is 23.7. The third-order valence-corrected chi connectivity index (χ3v) is 3.00. The Labute approximate surface area is 89.4 Å². The summed E-state index contributed by atoms with van der Waals surface area (Å²) in [5, 5.41) is 0.829. The van der Waals surface area contributed by atoms with Gasteiger partial charge in [0.05, 0.1) is 19.3 Å². The van der Waals surface area contributed by atoms with Gasteiger partial charge >= 0.3 is 0 Å². The van der Waals surface area contributed by atoms with Crippen LogP contribution in [0.5, 0.6) is 0 Å². The van der Waals surface area contributed by atoms with Crippen molar-refractivity contribution in [2.45, 2.75) is 6.04 Å². The van der Waals surface area contributed by atoms with E-state index in [1.807, 2.05) is 18.2 Å². The molecular weight excluding hydrogens is 198 g/mol. The molecule has 0 saturated carbocycles. The lowest BCUT2D eigenvalue weighted by Gasteiger charge is -2.33. The Bertz CT molecular complexity index is 316. The van der Waals surface area contributed by atoms with Gasteiger partial charge in [0, 0.05) is 11.6 Å². The van der Waals surface area contributed by atoms with E-state index in [1.165, 1.54) is 0 Å². The van der Waals surface area contributed by atoms with E-state index in [1.54, 1.807) is 0 Å². The first kappa shape index (κ1) is 9.97. The largest absolute Gasteiger partial charge is 0.378 e. The third kappa shape index (κ3) is 1.92. The van der Waals surface area contributed by atoms with Crippen LogP contribution in [0, 0.1) is 0 Å². The van der Waals surface area contributed by atoms with E-state index in [-0.39, 0.29) is 0 Å². The minimum absolute atomic E-state index is 0.303. The first-order chi connectivity index (χ1) is 6.79. The number of morpholine rings is 1. The van der Waals surface area contributed by atoms with E-state index >= 15 is 0 Å². The van der Waals surface area contributed by atoms with Gasteiger partial charge in [-0.15, -0.1) is 0 Å². The molecule has 1 saturated heterocycles. The van der Waals surface area contributed by atoms with E-state index in [0.29, 0.717) is 6.04 Å². The number of likely N-dealkylation sites (N-methyl/N-ethyl adjacent to an activating group) is 1. The van der Waals surface area contributed by atoms with Crippen LogP contribution < -0.4 is 0 Å². The minimum Gasteiger partial charge on any atom is -0.378 e. The molecule has 1 aromatic rings. The molecule has 1 fully saturated rings. The molecule has 1 atom stereocenters. The zero-order valence-corrected chi connectivity index (χ0v) is 9.00. The highest BCUT2D eigenvalue weighted by molar-refractivity contribution is 6.31. The number of rotatable bonds is 1. The monoisotopic (exact) mass is 211 g/mol. The molecular formula is C11H14ClNO. The number of ether oxygens (including phenoxy) is 1. The summed E-state index contributed by atoms with van der Waals surface area (Å²) in [7, 11) is 2.11. The molecule has 2 nitrogen and oxygen atoms in total. The Balaban J connectivity index is 2.25. The summed E-state index contributed by atoms with van der Waals surface area (Å²) in [6.45, 7) is 2.52. The van der Waals surface area contributed by atoms with Gasteiger partial charge in [0.2, 0.25) is 0 Å². The quantitative estimate of drug-likeness (QED) is 0.707. The number of benzene rings is 1. The van der Waals surface area contributed by atoms with Crippen molar-refractivity contribution in [1.82, 2.24) is 4.90 Å². The third-order valence-electron chi connectivity index (χ3n) is 2.66. The van der Waals surface area contributed by atoms with Crippen molar-refractivity contribution in [3.63, 3.8) is 0 Å². The number of hydrogen-bond acceptors (Lipinski definition) is 2. The minimum atomic E-state index is 0.303. The molecule has 0 amide bonds. The molecule has 2 rings (SSSR count). The van der Waals surface area contributed by atoms with Gasteiger partial charge < -0.3 is 4.74 Å². The molecule has 3 heteroatoms. The molecule has 0 aliphatic carbocycles. The maximum absolute atomic E-state index is 6.14. The van der Waals surface area contributed by atoms with E-state index < -0.39 is 0 Å². The van der Waals surface area contributed by atoms with Crippen LogP contribution in [0.4, 0.5) is 0 Å². The molecule has 0 bridgehead atoms. The maximum Gasteiger partial charge on any atom is 0.0664 e. The van der Waals surface area contributed by atoms with Crippen molar-refractivity contribution in [3.8, 4) is 0 Å². The highest BCUT2D eigenvalue weighted by Gasteiger charge is 2.22. The molecule has 1 aromatic carbocycles. The smallest absolute Gasteiger partial charge is 0.0664 e. The molecule has 76 valence electrons. The summed E-state index contributed by atoms with van der Waals surface area (Å²) in [5.41, 5.74) is 1.16. The molecule has 1 unspecified atom stereocenters. The summed E-state index contributed by atoms with van der Waals surface area (Å²) in [6, 6.07) is 8.27. The number of nitrogens with zero attached hydrogens (tertiary/aromatic N) is 1. The first-order valence-corrected chi connectivity index (χ1v) is 5.19. The highest BCUT2D eigenvalue weighted by atomic mass is 35.5. The Hall–Kier alpha value is -0.570. The topological polar surface area (TPSA) is 12.5 Å². The van der Waals surface area contributed by atoms with Gasteiger partial charge in [-0.25, -0.2) is 0 Å². The van der Waals surface area contributed by atoms with E-state index in [0.717, 1.165) is 30.3 Å². The van der Waals surface area contributed by atoms with Crippen molar-refractivity contribution in [2.24, 2.45) is 0 Å². The Morgan fingerprint density at radius 3 is 2.93 bits per heavy atom. The number of halogens is 1. The summed E-state index contributed by atoms with van der Waals surface area (Å²) in [5.74, 6) is 0. The van der Waals surface area contributed by atoms with Crippen LogP contribution in [0.2, 0.25) is 5.02 Å². The molecule has 1 heterocycles. The van der Waals surface area contributed by atoms with Gasteiger partial charge in [0.1, 0.15) is 0 Å². The summed E-state index contributed by atoms with van der Waals surface area (Å²) in [4.78, 5) is 2.28. The van der Waals surface area contributed by atoms with Crippen molar-refractivity contribution >= 4 is 11.6 Å². The fourth-order valence-electron chi connectivity index (χ4n) is 1.76. The Morgan fingerprint density at radius 2 is 2.21 bits per heavy atom. The molecule has 0 aromatic heterocycles. The first-order valence-electron chi connectivity index (χ1n) is 4.81. The lowest BCUT2D eigenvalue weighted by molar-refractivity contribution is 0.00509. The van der Waals surface area contributed by atoms with Gasteiger partial charge in [-0.05, 0) is 18.7 Å². The predicted octanol–water partition coefficient (Wildman–Crippen LogP) is 2.34. The second kappa shape index (κ2) is 4.30. The molecule has 1 aliphatic rings.